The molecule has 1 aromatic heterocycles. The van der Waals surface area contributed by atoms with E-state index >= 15 is 0 Å². The number of carbonyl (C=O) groups excluding carboxylic acids is 1. The molecule has 3 aromatic rings. The van der Waals surface area contributed by atoms with Gasteiger partial charge in [-0.1, -0.05) is 41.9 Å². The molecule has 0 radical (unpaired) electrons. The molecule has 0 bridgehead atoms. The molecular formula is C20H19ClN4O. The molecule has 1 heterocycles. The maximum atomic E-state index is 12.2. The Labute approximate surface area is 157 Å². The van der Waals surface area contributed by atoms with Crippen LogP contribution in [0, 0.1) is 6.92 Å². The van der Waals surface area contributed by atoms with Gasteiger partial charge in [-0.15, -0.1) is 0 Å². The standard InChI is InChI=1S/C20H19ClN4O/c1-14-5-2-3-8-17(14)25-19-13-23-18(12-24-19)20(26)22-10-9-15-6-4-7-16(21)11-15/h2-8,11-13H,9-10H2,1H3,(H,22,26)(H,24,25). The number of hydrogen-bond acceptors (Lipinski definition) is 4. The van der Waals surface area contributed by atoms with E-state index < -0.39 is 0 Å². The summed E-state index contributed by atoms with van der Waals surface area (Å²) in [5.41, 5.74) is 3.42. The summed E-state index contributed by atoms with van der Waals surface area (Å²) in [5.74, 6) is 0.344. The fraction of sp³-hybridized carbons (Fsp3) is 0.150. The van der Waals surface area contributed by atoms with Gasteiger partial charge in [0, 0.05) is 17.3 Å². The van der Waals surface area contributed by atoms with Gasteiger partial charge in [0.1, 0.15) is 11.5 Å². The zero-order valence-electron chi connectivity index (χ0n) is 14.4. The molecule has 0 saturated heterocycles. The molecule has 5 nitrogen and oxygen atoms in total. The second-order valence-corrected chi connectivity index (χ2v) is 6.30. The van der Waals surface area contributed by atoms with Gasteiger partial charge >= 0.3 is 0 Å². The van der Waals surface area contributed by atoms with E-state index in [1.165, 1.54) is 6.20 Å². The quantitative estimate of drug-likeness (QED) is 0.687. The molecule has 0 aliphatic heterocycles. The van der Waals surface area contributed by atoms with Gasteiger partial charge in [-0.05, 0) is 42.7 Å². The average molecular weight is 367 g/mol. The van der Waals surface area contributed by atoms with Crippen LogP contribution in [0.2, 0.25) is 5.02 Å². The highest BCUT2D eigenvalue weighted by Crippen LogP contribution is 2.17. The molecular weight excluding hydrogens is 348 g/mol. The van der Waals surface area contributed by atoms with Crippen molar-refractivity contribution in [2.24, 2.45) is 0 Å². The summed E-state index contributed by atoms with van der Waals surface area (Å²) in [4.78, 5) is 20.6. The zero-order valence-corrected chi connectivity index (χ0v) is 15.1. The normalized spacial score (nSPS) is 10.4. The van der Waals surface area contributed by atoms with Crippen molar-refractivity contribution in [1.82, 2.24) is 15.3 Å². The van der Waals surface area contributed by atoms with Crippen LogP contribution in [0.15, 0.2) is 60.9 Å². The minimum atomic E-state index is -0.248. The Kier molecular flexibility index (Phi) is 5.81. The molecule has 2 aromatic carbocycles. The molecule has 6 heteroatoms. The van der Waals surface area contributed by atoms with E-state index in [1.54, 1.807) is 6.20 Å². The molecule has 0 aliphatic rings. The van der Waals surface area contributed by atoms with Crippen LogP contribution in [0.25, 0.3) is 0 Å². The number of amides is 1. The second-order valence-electron chi connectivity index (χ2n) is 5.86. The van der Waals surface area contributed by atoms with E-state index in [0.29, 0.717) is 23.8 Å². The van der Waals surface area contributed by atoms with Crippen LogP contribution >= 0.6 is 11.6 Å². The van der Waals surface area contributed by atoms with Gasteiger partial charge in [0.05, 0.1) is 12.4 Å². The molecule has 0 atom stereocenters. The van der Waals surface area contributed by atoms with Crippen LogP contribution in [-0.2, 0) is 6.42 Å². The highest BCUT2D eigenvalue weighted by atomic mass is 35.5. The van der Waals surface area contributed by atoms with Crippen LogP contribution in [0.5, 0.6) is 0 Å². The number of para-hydroxylation sites is 1. The number of aryl methyl sites for hydroxylation is 1. The second kappa shape index (κ2) is 8.45. The first kappa shape index (κ1) is 17.9. The summed E-state index contributed by atoms with van der Waals surface area (Å²) >= 11 is 5.95. The maximum Gasteiger partial charge on any atom is 0.271 e. The molecule has 1 amide bonds. The predicted octanol–water partition coefficient (Wildman–Crippen LogP) is 4.15. The molecule has 132 valence electrons. The summed E-state index contributed by atoms with van der Waals surface area (Å²) in [6.45, 7) is 2.52. The van der Waals surface area contributed by atoms with Gasteiger partial charge in [-0.3, -0.25) is 4.79 Å². The minimum Gasteiger partial charge on any atom is -0.350 e. The number of carbonyl (C=O) groups is 1. The predicted molar refractivity (Wildman–Crippen MR) is 104 cm³/mol. The molecule has 0 unspecified atom stereocenters. The summed E-state index contributed by atoms with van der Waals surface area (Å²) in [7, 11) is 0. The highest BCUT2D eigenvalue weighted by molar-refractivity contribution is 6.30. The molecule has 0 fully saturated rings. The van der Waals surface area contributed by atoms with Crippen LogP contribution in [0.1, 0.15) is 21.6 Å². The third kappa shape index (κ3) is 4.80. The highest BCUT2D eigenvalue weighted by Gasteiger charge is 2.08. The van der Waals surface area contributed by atoms with E-state index in [1.807, 2.05) is 55.5 Å². The van der Waals surface area contributed by atoms with Crippen molar-refractivity contribution in [3.8, 4) is 0 Å². The van der Waals surface area contributed by atoms with Crippen molar-refractivity contribution in [3.05, 3.63) is 82.8 Å². The molecule has 0 saturated carbocycles. The Morgan fingerprint density at radius 2 is 1.92 bits per heavy atom. The number of nitrogens with one attached hydrogen (secondary N) is 2. The van der Waals surface area contributed by atoms with Crippen molar-refractivity contribution >= 4 is 29.0 Å². The fourth-order valence-corrected chi connectivity index (χ4v) is 2.68. The Morgan fingerprint density at radius 1 is 1.08 bits per heavy atom. The van der Waals surface area contributed by atoms with E-state index in [9.17, 15) is 4.79 Å². The van der Waals surface area contributed by atoms with Gasteiger partial charge in [-0.2, -0.15) is 0 Å². The topological polar surface area (TPSA) is 66.9 Å². The summed E-state index contributed by atoms with van der Waals surface area (Å²) in [5, 5.41) is 6.72. The minimum absolute atomic E-state index is 0.248. The van der Waals surface area contributed by atoms with Crippen LogP contribution in [-0.4, -0.2) is 22.4 Å². The van der Waals surface area contributed by atoms with Gasteiger partial charge in [-0.25, -0.2) is 9.97 Å². The first-order valence-corrected chi connectivity index (χ1v) is 8.67. The average Bonchev–Trinajstić information content (AvgIpc) is 2.64. The van der Waals surface area contributed by atoms with E-state index in [0.717, 1.165) is 16.8 Å². The van der Waals surface area contributed by atoms with Crippen molar-refractivity contribution in [3.63, 3.8) is 0 Å². The van der Waals surface area contributed by atoms with Crippen LogP contribution in [0.3, 0.4) is 0 Å². The van der Waals surface area contributed by atoms with Gasteiger partial charge in [0.2, 0.25) is 0 Å². The van der Waals surface area contributed by atoms with Crippen molar-refractivity contribution in [1.29, 1.82) is 0 Å². The Morgan fingerprint density at radius 3 is 2.65 bits per heavy atom. The summed E-state index contributed by atoms with van der Waals surface area (Å²) in [6, 6.07) is 15.5. The number of nitrogens with zero attached hydrogens (tertiary/aromatic N) is 2. The molecule has 0 spiro atoms. The number of halogens is 1. The van der Waals surface area contributed by atoms with Gasteiger partial charge in [0.25, 0.3) is 5.91 Å². The summed E-state index contributed by atoms with van der Waals surface area (Å²) in [6.07, 6.45) is 3.72. The van der Waals surface area contributed by atoms with E-state index in [-0.39, 0.29) is 11.6 Å². The Hall–Kier alpha value is -2.92. The Balaban J connectivity index is 1.54. The smallest absolute Gasteiger partial charge is 0.271 e. The summed E-state index contributed by atoms with van der Waals surface area (Å²) < 4.78 is 0. The van der Waals surface area contributed by atoms with Crippen molar-refractivity contribution in [2.75, 3.05) is 11.9 Å². The fourth-order valence-electron chi connectivity index (χ4n) is 2.46. The van der Waals surface area contributed by atoms with Crippen molar-refractivity contribution in [2.45, 2.75) is 13.3 Å². The van der Waals surface area contributed by atoms with Gasteiger partial charge < -0.3 is 10.6 Å². The number of aromatic nitrogens is 2. The van der Waals surface area contributed by atoms with Crippen LogP contribution in [0.4, 0.5) is 11.5 Å². The zero-order chi connectivity index (χ0) is 18.4. The number of anilines is 2. The lowest BCUT2D eigenvalue weighted by Crippen LogP contribution is -2.26. The maximum absolute atomic E-state index is 12.2. The molecule has 26 heavy (non-hydrogen) atoms. The first-order chi connectivity index (χ1) is 12.6. The van der Waals surface area contributed by atoms with Crippen molar-refractivity contribution < 1.29 is 4.79 Å². The largest absolute Gasteiger partial charge is 0.350 e. The number of hydrogen-bond donors (Lipinski definition) is 2. The van der Waals surface area contributed by atoms with E-state index in [2.05, 4.69) is 20.6 Å². The van der Waals surface area contributed by atoms with Gasteiger partial charge in [0.15, 0.2) is 0 Å². The van der Waals surface area contributed by atoms with E-state index in [4.69, 9.17) is 11.6 Å². The lowest BCUT2D eigenvalue weighted by Gasteiger charge is -2.09. The molecule has 3 rings (SSSR count). The number of benzene rings is 2. The SMILES string of the molecule is Cc1ccccc1Nc1cnc(C(=O)NCCc2cccc(Cl)c2)cn1. The molecule has 0 aliphatic carbocycles. The Bertz CT molecular complexity index is 896. The third-order valence-corrected chi connectivity index (χ3v) is 4.12. The number of rotatable bonds is 6. The first-order valence-electron chi connectivity index (χ1n) is 8.29. The monoisotopic (exact) mass is 366 g/mol. The third-order valence-electron chi connectivity index (χ3n) is 3.88. The van der Waals surface area contributed by atoms with Crippen LogP contribution < -0.4 is 10.6 Å². The molecule has 2 N–H and O–H groups in total. The lowest BCUT2D eigenvalue weighted by atomic mass is 10.1. The lowest BCUT2D eigenvalue weighted by molar-refractivity contribution is 0.0949.